The number of hydrogen-bond acceptors (Lipinski definition) is 4. The average molecular weight is 307 g/mol. The van der Waals surface area contributed by atoms with Crippen LogP contribution in [-0.2, 0) is 11.3 Å². The Morgan fingerprint density at radius 2 is 2.19 bits per heavy atom. The van der Waals surface area contributed by atoms with Gasteiger partial charge >= 0.3 is 0 Å². The van der Waals surface area contributed by atoms with Crippen molar-refractivity contribution in [2.45, 2.75) is 19.9 Å². The van der Waals surface area contributed by atoms with Crippen LogP contribution >= 0.6 is 11.3 Å². The van der Waals surface area contributed by atoms with E-state index in [0.717, 1.165) is 10.7 Å². The first-order chi connectivity index (χ1) is 10.0. The van der Waals surface area contributed by atoms with Crippen LogP contribution in [0.4, 0.5) is 10.1 Å². The quantitative estimate of drug-likeness (QED) is 0.892. The fourth-order valence-electron chi connectivity index (χ4n) is 1.90. The highest BCUT2D eigenvalue weighted by Crippen LogP contribution is 2.13. The third kappa shape index (κ3) is 4.91. The van der Waals surface area contributed by atoms with E-state index in [1.807, 2.05) is 24.3 Å². The van der Waals surface area contributed by atoms with Gasteiger partial charge in [0.1, 0.15) is 5.82 Å². The Hall–Kier alpha value is -1.79. The van der Waals surface area contributed by atoms with Gasteiger partial charge in [0.05, 0.1) is 16.4 Å². The number of carbonyl (C=O) groups excluding carboxylic acids is 1. The zero-order chi connectivity index (χ0) is 15.2. The highest BCUT2D eigenvalue weighted by atomic mass is 32.1. The zero-order valence-electron chi connectivity index (χ0n) is 12.1. The number of aromatic nitrogens is 1. The molecule has 112 valence electrons. The molecule has 0 aliphatic rings. The number of nitrogens with zero attached hydrogens (tertiary/aromatic N) is 2. The van der Waals surface area contributed by atoms with Gasteiger partial charge in [-0.15, -0.1) is 11.3 Å². The number of carbonyl (C=O) groups is 1. The largest absolute Gasteiger partial charge is 0.324 e. The Morgan fingerprint density at radius 3 is 2.86 bits per heavy atom. The predicted octanol–water partition coefficient (Wildman–Crippen LogP) is 3.05. The Bertz CT molecular complexity index is 614. The molecule has 1 aromatic carbocycles. The van der Waals surface area contributed by atoms with Crippen molar-refractivity contribution in [1.82, 2.24) is 9.88 Å². The van der Waals surface area contributed by atoms with Crippen LogP contribution in [0, 0.1) is 12.7 Å². The van der Waals surface area contributed by atoms with Crippen LogP contribution in [0.25, 0.3) is 0 Å². The third-order valence-corrected chi connectivity index (χ3v) is 3.79. The molecule has 0 aliphatic heterocycles. The van der Waals surface area contributed by atoms with Crippen LogP contribution in [0.15, 0.2) is 29.6 Å². The average Bonchev–Trinajstić information content (AvgIpc) is 2.84. The Kier molecular flexibility index (Phi) is 5.41. The zero-order valence-corrected chi connectivity index (χ0v) is 12.9. The highest BCUT2D eigenvalue weighted by molar-refractivity contribution is 7.09. The fourth-order valence-corrected chi connectivity index (χ4v) is 2.51. The number of para-hydroxylation sites is 1. The molecule has 1 aromatic heterocycles. The molecule has 6 heteroatoms. The number of nitrogens with one attached hydrogen (secondary N) is 1. The van der Waals surface area contributed by atoms with Crippen molar-refractivity contribution in [3.05, 3.63) is 46.2 Å². The van der Waals surface area contributed by atoms with Crippen molar-refractivity contribution in [1.29, 1.82) is 0 Å². The summed E-state index contributed by atoms with van der Waals surface area (Å²) in [4.78, 5) is 18.2. The van der Waals surface area contributed by atoms with Crippen LogP contribution in [0.3, 0.4) is 0 Å². The van der Waals surface area contributed by atoms with Crippen molar-refractivity contribution < 1.29 is 9.18 Å². The second kappa shape index (κ2) is 7.28. The van der Waals surface area contributed by atoms with Gasteiger partial charge in [0.2, 0.25) is 5.91 Å². The Labute approximate surface area is 127 Å². The van der Waals surface area contributed by atoms with Crippen molar-refractivity contribution >= 4 is 22.9 Å². The van der Waals surface area contributed by atoms with E-state index in [2.05, 4.69) is 10.3 Å². The molecule has 1 amide bonds. The SMILES string of the molecule is Cc1nc(CN(C)CCC(=O)Nc2ccccc2F)cs1. The first kappa shape index (κ1) is 15.6. The third-order valence-electron chi connectivity index (χ3n) is 2.97. The van der Waals surface area contributed by atoms with E-state index in [-0.39, 0.29) is 11.6 Å². The first-order valence-corrected chi connectivity index (χ1v) is 7.56. The van der Waals surface area contributed by atoms with Gasteiger partial charge in [-0.25, -0.2) is 9.37 Å². The molecule has 0 saturated heterocycles. The summed E-state index contributed by atoms with van der Waals surface area (Å²) in [5.41, 5.74) is 1.23. The van der Waals surface area contributed by atoms with Crippen LogP contribution in [-0.4, -0.2) is 29.4 Å². The summed E-state index contributed by atoms with van der Waals surface area (Å²) in [7, 11) is 1.94. The number of amides is 1. The van der Waals surface area contributed by atoms with E-state index in [1.165, 1.54) is 6.07 Å². The van der Waals surface area contributed by atoms with Crippen molar-refractivity contribution in [3.63, 3.8) is 0 Å². The lowest BCUT2D eigenvalue weighted by Crippen LogP contribution is -2.24. The molecule has 0 atom stereocenters. The molecular formula is C15H18FN3OS. The minimum atomic E-state index is -0.419. The molecule has 2 aromatic rings. The summed E-state index contributed by atoms with van der Waals surface area (Å²) in [6, 6.07) is 6.16. The second-order valence-electron chi connectivity index (χ2n) is 4.87. The van der Waals surface area contributed by atoms with Crippen LogP contribution in [0.2, 0.25) is 0 Å². The molecule has 0 fully saturated rings. The van der Waals surface area contributed by atoms with Gasteiger partial charge in [-0.2, -0.15) is 0 Å². The monoisotopic (exact) mass is 307 g/mol. The normalized spacial score (nSPS) is 10.9. The molecule has 4 nitrogen and oxygen atoms in total. The highest BCUT2D eigenvalue weighted by Gasteiger charge is 2.09. The number of anilines is 1. The molecule has 0 spiro atoms. The molecule has 0 radical (unpaired) electrons. The molecule has 0 aliphatic carbocycles. The molecule has 1 heterocycles. The van der Waals surface area contributed by atoms with Crippen LogP contribution in [0.1, 0.15) is 17.1 Å². The first-order valence-electron chi connectivity index (χ1n) is 6.68. The van der Waals surface area contributed by atoms with E-state index < -0.39 is 5.82 Å². The lowest BCUT2D eigenvalue weighted by molar-refractivity contribution is -0.116. The van der Waals surface area contributed by atoms with Gasteiger partial charge in [0.15, 0.2) is 0 Å². The second-order valence-corrected chi connectivity index (χ2v) is 5.94. The Morgan fingerprint density at radius 1 is 1.43 bits per heavy atom. The maximum absolute atomic E-state index is 13.4. The van der Waals surface area contributed by atoms with Gasteiger partial charge in [-0.1, -0.05) is 12.1 Å². The van der Waals surface area contributed by atoms with Gasteiger partial charge in [0.25, 0.3) is 0 Å². The maximum atomic E-state index is 13.4. The number of rotatable bonds is 6. The molecule has 21 heavy (non-hydrogen) atoms. The van der Waals surface area contributed by atoms with Crippen molar-refractivity contribution in [2.24, 2.45) is 0 Å². The predicted molar refractivity (Wildman–Crippen MR) is 82.8 cm³/mol. The van der Waals surface area contributed by atoms with E-state index in [4.69, 9.17) is 0 Å². The van der Waals surface area contributed by atoms with E-state index in [0.29, 0.717) is 19.5 Å². The van der Waals surface area contributed by atoms with Gasteiger partial charge in [0, 0.05) is 24.9 Å². The number of hydrogen-bond donors (Lipinski definition) is 1. The van der Waals surface area contributed by atoms with E-state index in [9.17, 15) is 9.18 Å². The molecule has 0 saturated carbocycles. The number of halogens is 1. The van der Waals surface area contributed by atoms with Crippen molar-refractivity contribution in [3.8, 4) is 0 Å². The van der Waals surface area contributed by atoms with Gasteiger partial charge < -0.3 is 10.2 Å². The minimum Gasteiger partial charge on any atom is -0.324 e. The smallest absolute Gasteiger partial charge is 0.225 e. The minimum absolute atomic E-state index is 0.193. The maximum Gasteiger partial charge on any atom is 0.225 e. The van der Waals surface area contributed by atoms with Gasteiger partial charge in [-0.05, 0) is 26.1 Å². The van der Waals surface area contributed by atoms with E-state index >= 15 is 0 Å². The standard InChI is InChI=1S/C15H18FN3OS/c1-11-17-12(10-21-11)9-19(2)8-7-15(20)18-14-6-4-3-5-13(14)16/h3-6,10H,7-9H2,1-2H3,(H,18,20). The fraction of sp³-hybridized carbons (Fsp3) is 0.333. The molecule has 1 N–H and O–H groups in total. The molecule has 0 unspecified atom stereocenters. The topological polar surface area (TPSA) is 45.2 Å². The summed E-state index contributed by atoms with van der Waals surface area (Å²) in [5, 5.41) is 5.64. The lowest BCUT2D eigenvalue weighted by atomic mass is 10.3. The number of aryl methyl sites for hydroxylation is 1. The molecule has 0 bridgehead atoms. The Balaban J connectivity index is 1.77. The number of thiazole rings is 1. The molecular weight excluding hydrogens is 289 g/mol. The van der Waals surface area contributed by atoms with Crippen LogP contribution in [0.5, 0.6) is 0 Å². The summed E-state index contributed by atoms with van der Waals surface area (Å²) >= 11 is 1.62. The van der Waals surface area contributed by atoms with Crippen LogP contribution < -0.4 is 5.32 Å². The lowest BCUT2D eigenvalue weighted by Gasteiger charge is -2.15. The van der Waals surface area contributed by atoms with Crippen molar-refractivity contribution in [2.75, 3.05) is 18.9 Å². The summed E-state index contributed by atoms with van der Waals surface area (Å²) in [6.07, 6.45) is 0.313. The summed E-state index contributed by atoms with van der Waals surface area (Å²) in [6.45, 7) is 3.27. The van der Waals surface area contributed by atoms with Gasteiger partial charge in [-0.3, -0.25) is 4.79 Å². The summed E-state index contributed by atoms with van der Waals surface area (Å²) in [5.74, 6) is -0.612. The van der Waals surface area contributed by atoms with E-state index in [1.54, 1.807) is 29.5 Å². The summed E-state index contributed by atoms with van der Waals surface area (Å²) < 4.78 is 13.4. The number of benzene rings is 1. The molecule has 2 rings (SSSR count).